The molecule has 2 heterocycles. The largest absolute Gasteiger partial charge is 0.333 e. The first-order valence-electron chi connectivity index (χ1n) is 21.8. The van der Waals surface area contributed by atoms with Gasteiger partial charge in [-0.3, -0.25) is 0 Å². The van der Waals surface area contributed by atoms with E-state index in [4.69, 9.17) is 0 Å². The molecule has 0 N–H and O–H groups in total. The molecule has 3 aliphatic rings. The second kappa shape index (κ2) is 12.8. The number of benzene rings is 10. The van der Waals surface area contributed by atoms with Crippen molar-refractivity contribution in [2.75, 3.05) is 4.90 Å². The lowest BCUT2D eigenvalue weighted by Gasteiger charge is -2.31. The molecule has 0 spiro atoms. The summed E-state index contributed by atoms with van der Waals surface area (Å²) in [4.78, 5) is 2.59. The molecule has 1 aliphatic heterocycles. The summed E-state index contributed by atoms with van der Waals surface area (Å²) in [6.07, 6.45) is 5.68. The number of allylic oxidation sites excluding steroid dienone is 2. The van der Waals surface area contributed by atoms with Crippen molar-refractivity contribution in [1.82, 2.24) is 4.57 Å². The van der Waals surface area contributed by atoms with Crippen molar-refractivity contribution in [3.8, 4) is 39.1 Å². The highest BCUT2D eigenvalue weighted by Gasteiger charge is 2.38. The van der Waals surface area contributed by atoms with Crippen molar-refractivity contribution in [3.05, 3.63) is 223 Å². The Morgan fingerprint density at radius 3 is 1.95 bits per heavy atom. The third-order valence-corrected chi connectivity index (χ3v) is 14.0. The molecule has 2 heteroatoms. The average Bonchev–Trinajstić information content (AvgIpc) is 3.97. The molecule has 10 aromatic carbocycles. The smallest absolute Gasteiger partial charge is 0.0639 e. The molecule has 1 aromatic heterocycles. The Morgan fingerprint density at radius 2 is 1.05 bits per heavy atom. The second-order valence-corrected chi connectivity index (χ2v) is 17.2. The zero-order valence-electron chi connectivity index (χ0n) is 33.9. The molecule has 0 fully saturated rings. The first-order chi connectivity index (χ1) is 30.7. The fraction of sp³-hybridized carbons (Fsp3) is 0.0333. The van der Waals surface area contributed by atoms with Crippen LogP contribution in [0.25, 0.3) is 104 Å². The zero-order chi connectivity index (χ0) is 40.5. The van der Waals surface area contributed by atoms with Gasteiger partial charge in [-0.1, -0.05) is 164 Å². The van der Waals surface area contributed by atoms with Gasteiger partial charge >= 0.3 is 0 Å². The zero-order valence-corrected chi connectivity index (χ0v) is 33.9. The molecule has 1 atom stereocenters. The molecule has 0 radical (unpaired) electrons. The van der Waals surface area contributed by atoms with Gasteiger partial charge in [0.25, 0.3) is 0 Å². The topological polar surface area (TPSA) is 8.17 Å². The first kappa shape index (κ1) is 33.8. The van der Waals surface area contributed by atoms with Crippen molar-refractivity contribution >= 4 is 76.6 Å². The summed E-state index contributed by atoms with van der Waals surface area (Å²) >= 11 is 0. The summed E-state index contributed by atoms with van der Waals surface area (Å²) in [5.41, 5.74) is 19.3. The Bertz CT molecular complexity index is 3780. The molecule has 2 nitrogen and oxygen atoms in total. The molecule has 0 saturated heterocycles. The molecule has 288 valence electrons. The van der Waals surface area contributed by atoms with E-state index < -0.39 is 0 Å². The molecule has 11 aromatic rings. The maximum absolute atomic E-state index is 2.59. The van der Waals surface area contributed by atoms with Crippen LogP contribution in [-0.2, 0) is 0 Å². The molecule has 62 heavy (non-hydrogen) atoms. The number of para-hydroxylation sites is 2. The van der Waals surface area contributed by atoms with Gasteiger partial charge in [0.1, 0.15) is 0 Å². The third kappa shape index (κ3) is 4.81. The lowest BCUT2D eigenvalue weighted by Crippen LogP contribution is -2.28. The number of aromatic nitrogens is 1. The van der Waals surface area contributed by atoms with Gasteiger partial charge in [-0.15, -0.1) is 0 Å². The van der Waals surface area contributed by atoms with Gasteiger partial charge in [-0.2, -0.15) is 0 Å². The lowest BCUT2D eigenvalue weighted by atomic mass is 9.87. The van der Waals surface area contributed by atoms with Gasteiger partial charge < -0.3 is 9.47 Å². The van der Waals surface area contributed by atoms with Crippen LogP contribution in [0.2, 0.25) is 0 Å². The van der Waals surface area contributed by atoms with Gasteiger partial charge in [0, 0.05) is 33.1 Å². The minimum atomic E-state index is 0.201. The Balaban J connectivity index is 0.854. The van der Waals surface area contributed by atoms with Gasteiger partial charge in [-0.05, 0) is 132 Å². The van der Waals surface area contributed by atoms with Crippen LogP contribution >= 0.6 is 0 Å². The van der Waals surface area contributed by atoms with Crippen molar-refractivity contribution < 1.29 is 0 Å². The van der Waals surface area contributed by atoms with Gasteiger partial charge in [0.15, 0.2) is 0 Å². The molecule has 0 bridgehead atoms. The molecule has 0 amide bonds. The Labute approximate surface area is 359 Å². The van der Waals surface area contributed by atoms with E-state index in [2.05, 4.69) is 222 Å². The number of rotatable bonds is 4. The Hall–Kier alpha value is -7.94. The van der Waals surface area contributed by atoms with E-state index in [1.165, 1.54) is 127 Å². The van der Waals surface area contributed by atoms with Crippen LogP contribution in [-0.4, -0.2) is 10.6 Å². The van der Waals surface area contributed by atoms with Crippen LogP contribution < -0.4 is 4.90 Å². The monoisotopic (exact) mass is 786 g/mol. The molecule has 2 aliphatic carbocycles. The fourth-order valence-electron chi connectivity index (χ4n) is 11.2. The van der Waals surface area contributed by atoms with Gasteiger partial charge in [0.2, 0.25) is 0 Å². The van der Waals surface area contributed by atoms with E-state index in [-0.39, 0.29) is 6.04 Å². The predicted molar refractivity (Wildman–Crippen MR) is 263 cm³/mol. The van der Waals surface area contributed by atoms with E-state index in [0.717, 1.165) is 6.42 Å². The predicted octanol–water partition coefficient (Wildman–Crippen LogP) is 15.9. The number of nitrogens with zero attached hydrogens (tertiary/aromatic N) is 2. The minimum absolute atomic E-state index is 0.201. The highest BCUT2D eigenvalue weighted by atomic mass is 15.2. The van der Waals surface area contributed by atoms with Crippen molar-refractivity contribution in [3.63, 3.8) is 0 Å². The van der Waals surface area contributed by atoms with Crippen molar-refractivity contribution in [1.29, 1.82) is 0 Å². The molecule has 0 saturated carbocycles. The summed E-state index contributed by atoms with van der Waals surface area (Å²) in [5, 5.41) is 10.3. The highest BCUT2D eigenvalue weighted by Crippen LogP contribution is 2.53. The first-order valence-corrected chi connectivity index (χ1v) is 21.8. The molecule has 14 rings (SSSR count). The summed E-state index contributed by atoms with van der Waals surface area (Å²) in [6, 6.07) is 74.8. The molecule has 1 unspecified atom stereocenters. The van der Waals surface area contributed by atoms with E-state index >= 15 is 0 Å². The van der Waals surface area contributed by atoms with E-state index in [1.807, 2.05) is 0 Å². The highest BCUT2D eigenvalue weighted by molar-refractivity contribution is 6.16. The third-order valence-electron chi connectivity index (χ3n) is 14.0. The standard InChI is InChI=1S/C60H38N2/c1-2-13-45(14-3-1)62-58-36-44(26-30-51(58)54-31-23-37-10-4-5-15-47(37)60(54)62)43-25-29-50-49-16-6-7-19-56(49)61(57(50)35-43)46-27-22-40-32-39(20-21-41(40)33-46)42-24-28-48-52-17-8-11-38-12-9-18-53(59(38)52)55(48)34-42/h1-35,58H,36H2. The molecular formula is C60H38N2. The average molecular weight is 787 g/mol. The summed E-state index contributed by atoms with van der Waals surface area (Å²) in [6.45, 7) is 0. The van der Waals surface area contributed by atoms with E-state index in [0.29, 0.717) is 0 Å². The van der Waals surface area contributed by atoms with Gasteiger partial charge in [0.05, 0.1) is 22.8 Å². The van der Waals surface area contributed by atoms with Crippen LogP contribution in [0.5, 0.6) is 0 Å². The Kier molecular flexibility index (Phi) is 6.98. The Morgan fingerprint density at radius 1 is 0.371 bits per heavy atom. The fourth-order valence-corrected chi connectivity index (χ4v) is 11.2. The minimum Gasteiger partial charge on any atom is -0.333 e. The van der Waals surface area contributed by atoms with Crippen LogP contribution in [0.3, 0.4) is 0 Å². The van der Waals surface area contributed by atoms with E-state index in [1.54, 1.807) is 0 Å². The van der Waals surface area contributed by atoms with Crippen LogP contribution in [0.1, 0.15) is 17.5 Å². The summed E-state index contributed by atoms with van der Waals surface area (Å²) in [5.74, 6) is 0. The van der Waals surface area contributed by atoms with Gasteiger partial charge in [-0.25, -0.2) is 0 Å². The van der Waals surface area contributed by atoms with Crippen LogP contribution in [0.15, 0.2) is 212 Å². The van der Waals surface area contributed by atoms with Crippen LogP contribution in [0.4, 0.5) is 11.4 Å². The molecular weight excluding hydrogens is 749 g/mol. The number of hydrogen-bond donors (Lipinski definition) is 0. The summed E-state index contributed by atoms with van der Waals surface area (Å²) < 4.78 is 2.47. The quantitative estimate of drug-likeness (QED) is 0.172. The maximum Gasteiger partial charge on any atom is 0.0639 e. The SMILES string of the molecule is C1=C(c2ccc3c4ccccc4n(-c4ccc5cc(-c6ccc7c(c6)-c6cccc8cccc-7c68)ccc5c4)c3c2)CC2C(=C1)c1ccc3ccccc3c1N2c1ccccc1. The van der Waals surface area contributed by atoms with Crippen molar-refractivity contribution in [2.24, 2.45) is 0 Å². The number of anilines is 2. The lowest BCUT2D eigenvalue weighted by molar-refractivity contribution is 0.842. The number of hydrogen-bond acceptors (Lipinski definition) is 1. The van der Waals surface area contributed by atoms with Crippen LogP contribution in [0, 0.1) is 0 Å². The summed E-state index contributed by atoms with van der Waals surface area (Å²) in [7, 11) is 0. The maximum atomic E-state index is 2.59. The normalized spacial score (nSPS) is 15.0. The van der Waals surface area contributed by atoms with E-state index in [9.17, 15) is 0 Å². The number of fused-ring (bicyclic) bond motifs is 12. The van der Waals surface area contributed by atoms with Crippen molar-refractivity contribution in [2.45, 2.75) is 12.5 Å². The second-order valence-electron chi connectivity index (χ2n) is 17.2.